The normalized spacial score (nSPS) is 12.2. The number of aryl methyl sites for hydroxylation is 4. The molecule has 59 heavy (non-hydrogen) atoms. The highest BCUT2D eigenvalue weighted by Gasteiger charge is 2.19. The predicted molar refractivity (Wildman–Crippen MR) is 254 cm³/mol. The molecule has 0 radical (unpaired) electrons. The molecule has 0 spiro atoms. The Morgan fingerprint density at radius 2 is 1.00 bits per heavy atom. The molecule has 0 atom stereocenters. The highest BCUT2D eigenvalue weighted by Crippen LogP contribution is 2.42. The number of hydrogen-bond acceptors (Lipinski definition) is 1. The van der Waals surface area contributed by atoms with Gasteiger partial charge in [-0.1, -0.05) is 187 Å². The summed E-state index contributed by atoms with van der Waals surface area (Å²) >= 11 is 0. The molecule has 0 bridgehead atoms. The largest absolute Gasteiger partial charge is 0.310 e. The molecular weight excluding hydrogens is 711 g/mol. The Labute approximate surface area is 350 Å². The van der Waals surface area contributed by atoms with Gasteiger partial charge in [0.1, 0.15) is 0 Å². The van der Waals surface area contributed by atoms with Gasteiger partial charge < -0.3 is 4.90 Å². The molecule has 1 nitrogen and oxygen atoms in total. The molecule has 0 aliphatic heterocycles. The molecule has 0 unspecified atom stereocenters. The summed E-state index contributed by atoms with van der Waals surface area (Å²) in [6.07, 6.45) is 13.9. The van der Waals surface area contributed by atoms with Crippen molar-refractivity contribution in [1.29, 1.82) is 0 Å². The minimum absolute atomic E-state index is 1.13. The first-order valence-electron chi connectivity index (χ1n) is 21.0. The number of hydrogen-bond donors (Lipinski definition) is 0. The zero-order chi connectivity index (χ0) is 40.0. The Morgan fingerprint density at radius 1 is 0.458 bits per heavy atom. The molecule has 8 aromatic rings. The van der Waals surface area contributed by atoms with E-state index in [1.54, 1.807) is 0 Å². The molecular formula is C58H49N. The van der Waals surface area contributed by atoms with Crippen LogP contribution in [0.2, 0.25) is 0 Å². The van der Waals surface area contributed by atoms with E-state index in [4.69, 9.17) is 0 Å². The first-order valence-corrected chi connectivity index (χ1v) is 21.0. The monoisotopic (exact) mass is 759 g/mol. The summed E-state index contributed by atoms with van der Waals surface area (Å²) in [6, 6.07) is 68.7. The first-order chi connectivity index (χ1) is 29.1. The molecule has 0 fully saturated rings. The minimum atomic E-state index is 1.13. The third kappa shape index (κ3) is 8.38. The SMILES string of the molecule is Cc1ccc(C(=C/C=C/c2ccc(N(c3ccc(C=C(c4ccccc4)c4ccccc4)cc3)c3ccc4c(c3)CCCC4)c3ccccc23)c2ccc(C)cc2)cc1. The van der Waals surface area contributed by atoms with Crippen LogP contribution in [0.1, 0.15) is 68.5 Å². The van der Waals surface area contributed by atoms with Crippen molar-refractivity contribution in [2.75, 3.05) is 4.90 Å². The predicted octanol–water partition coefficient (Wildman–Crippen LogP) is 15.5. The quantitative estimate of drug-likeness (QED) is 0.0991. The van der Waals surface area contributed by atoms with Crippen molar-refractivity contribution < 1.29 is 0 Å². The van der Waals surface area contributed by atoms with Crippen LogP contribution in [0.15, 0.2) is 200 Å². The fourth-order valence-electron chi connectivity index (χ4n) is 8.46. The lowest BCUT2D eigenvalue weighted by molar-refractivity contribution is 0.685. The summed E-state index contributed by atoms with van der Waals surface area (Å²) in [5.74, 6) is 0. The fraction of sp³-hybridized carbons (Fsp3) is 0.103. The van der Waals surface area contributed by atoms with E-state index in [-0.39, 0.29) is 0 Å². The van der Waals surface area contributed by atoms with Gasteiger partial charge in [-0.3, -0.25) is 0 Å². The maximum absolute atomic E-state index is 2.46. The van der Waals surface area contributed by atoms with Crippen molar-refractivity contribution in [1.82, 2.24) is 0 Å². The van der Waals surface area contributed by atoms with Crippen molar-refractivity contribution >= 4 is 51.1 Å². The molecule has 9 rings (SSSR count). The second-order valence-corrected chi connectivity index (χ2v) is 15.8. The Balaban J connectivity index is 1.12. The first kappa shape index (κ1) is 37.6. The summed E-state index contributed by atoms with van der Waals surface area (Å²) in [5, 5.41) is 2.44. The van der Waals surface area contributed by atoms with Crippen LogP contribution >= 0.6 is 0 Å². The van der Waals surface area contributed by atoms with E-state index in [9.17, 15) is 0 Å². The van der Waals surface area contributed by atoms with Crippen molar-refractivity contribution in [3.8, 4) is 0 Å². The van der Waals surface area contributed by atoms with Gasteiger partial charge in [0.15, 0.2) is 0 Å². The summed E-state index contributed by atoms with van der Waals surface area (Å²) in [7, 11) is 0. The average Bonchev–Trinajstić information content (AvgIpc) is 3.29. The second-order valence-electron chi connectivity index (χ2n) is 15.8. The van der Waals surface area contributed by atoms with Gasteiger partial charge in [-0.25, -0.2) is 0 Å². The average molecular weight is 760 g/mol. The summed E-state index contributed by atoms with van der Waals surface area (Å²) in [6.45, 7) is 4.28. The van der Waals surface area contributed by atoms with Gasteiger partial charge in [0.2, 0.25) is 0 Å². The number of rotatable bonds is 10. The van der Waals surface area contributed by atoms with Gasteiger partial charge in [-0.15, -0.1) is 0 Å². The van der Waals surface area contributed by atoms with E-state index in [1.807, 2.05) is 0 Å². The summed E-state index contributed by atoms with van der Waals surface area (Å²) in [4.78, 5) is 2.46. The Hall–Kier alpha value is -6.96. The Kier molecular flexibility index (Phi) is 11.0. The standard InChI is InChI=1S/C58H49N/c1-42-24-30-49(31-25-42)54(50-32-26-43(2)27-33-50)23-13-20-48-35-39-58(56-22-12-11-21-55(48)56)59(53-38-34-45-14-9-10-19-51(45)41-53)52-36-28-44(29-37-52)40-57(46-15-5-3-6-16-46)47-17-7-4-8-18-47/h3-8,11-13,15-18,20-41H,9-10,14,19H2,1-2H3/b20-13+. The smallest absolute Gasteiger partial charge is 0.0540 e. The number of anilines is 3. The molecule has 0 N–H and O–H groups in total. The van der Waals surface area contributed by atoms with Gasteiger partial charge in [-0.05, 0) is 137 Å². The lowest BCUT2D eigenvalue weighted by Crippen LogP contribution is -2.12. The van der Waals surface area contributed by atoms with E-state index in [0.29, 0.717) is 0 Å². The topological polar surface area (TPSA) is 3.24 Å². The van der Waals surface area contributed by atoms with Crippen molar-refractivity contribution in [3.63, 3.8) is 0 Å². The van der Waals surface area contributed by atoms with Crippen LogP contribution in [-0.2, 0) is 12.8 Å². The lowest BCUT2D eigenvalue weighted by Gasteiger charge is -2.29. The summed E-state index contributed by atoms with van der Waals surface area (Å²) < 4.78 is 0. The highest BCUT2D eigenvalue weighted by molar-refractivity contribution is 6.03. The zero-order valence-electron chi connectivity index (χ0n) is 34.0. The van der Waals surface area contributed by atoms with Gasteiger partial charge in [-0.2, -0.15) is 0 Å². The highest BCUT2D eigenvalue weighted by atomic mass is 15.1. The lowest BCUT2D eigenvalue weighted by atomic mass is 9.91. The van der Waals surface area contributed by atoms with Gasteiger partial charge in [0.05, 0.1) is 5.69 Å². The van der Waals surface area contributed by atoms with Crippen LogP contribution in [0.5, 0.6) is 0 Å². The molecule has 0 amide bonds. The zero-order valence-corrected chi connectivity index (χ0v) is 34.0. The van der Waals surface area contributed by atoms with Crippen LogP contribution < -0.4 is 4.90 Å². The van der Waals surface area contributed by atoms with E-state index in [0.717, 1.165) is 24.1 Å². The van der Waals surface area contributed by atoms with Crippen LogP contribution in [0.3, 0.4) is 0 Å². The Morgan fingerprint density at radius 3 is 1.63 bits per heavy atom. The molecule has 0 heterocycles. The van der Waals surface area contributed by atoms with Gasteiger partial charge in [0, 0.05) is 16.8 Å². The van der Waals surface area contributed by atoms with E-state index < -0.39 is 0 Å². The molecule has 286 valence electrons. The van der Waals surface area contributed by atoms with Crippen LogP contribution in [0.25, 0.3) is 34.1 Å². The van der Waals surface area contributed by atoms with Crippen LogP contribution in [0, 0.1) is 13.8 Å². The minimum Gasteiger partial charge on any atom is -0.310 e. The van der Waals surface area contributed by atoms with Gasteiger partial charge >= 0.3 is 0 Å². The number of allylic oxidation sites excluding steroid dienone is 2. The number of benzene rings is 8. The molecule has 1 heteroatoms. The van der Waals surface area contributed by atoms with Crippen LogP contribution in [-0.4, -0.2) is 0 Å². The molecule has 0 saturated carbocycles. The Bertz CT molecular complexity index is 2700. The third-order valence-electron chi connectivity index (χ3n) is 11.7. The van der Waals surface area contributed by atoms with Crippen LogP contribution in [0.4, 0.5) is 17.1 Å². The van der Waals surface area contributed by atoms with Crippen molar-refractivity contribution in [2.24, 2.45) is 0 Å². The number of nitrogens with zero attached hydrogens (tertiary/aromatic N) is 1. The fourth-order valence-corrected chi connectivity index (χ4v) is 8.46. The maximum atomic E-state index is 2.46. The molecule has 0 saturated heterocycles. The molecule has 1 aliphatic carbocycles. The van der Waals surface area contributed by atoms with Crippen molar-refractivity contribution in [2.45, 2.75) is 39.5 Å². The van der Waals surface area contributed by atoms with E-state index >= 15 is 0 Å². The molecule has 0 aromatic heterocycles. The molecule has 8 aromatic carbocycles. The number of fused-ring (bicyclic) bond motifs is 2. The maximum Gasteiger partial charge on any atom is 0.0540 e. The second kappa shape index (κ2) is 17.3. The third-order valence-corrected chi connectivity index (χ3v) is 11.7. The van der Waals surface area contributed by atoms with E-state index in [1.165, 1.54) is 96.2 Å². The summed E-state index contributed by atoms with van der Waals surface area (Å²) in [5.41, 5.74) is 18.6. The molecule has 1 aliphatic rings. The van der Waals surface area contributed by atoms with Gasteiger partial charge in [0.25, 0.3) is 0 Å². The van der Waals surface area contributed by atoms with E-state index in [2.05, 4.69) is 231 Å². The van der Waals surface area contributed by atoms with Crippen molar-refractivity contribution in [3.05, 3.63) is 256 Å².